The molecule has 2 aliphatic rings. The monoisotopic (exact) mass is 682 g/mol. The van der Waals surface area contributed by atoms with Crippen molar-refractivity contribution in [1.29, 1.82) is 0 Å². The van der Waals surface area contributed by atoms with E-state index in [1.54, 1.807) is 0 Å². The van der Waals surface area contributed by atoms with Gasteiger partial charge in [-0.05, 0) is 58.7 Å². The molecule has 0 bridgehead atoms. The lowest BCUT2D eigenvalue weighted by molar-refractivity contribution is 0.655. The molecule has 0 radical (unpaired) electrons. The van der Waals surface area contributed by atoms with Gasteiger partial charge in [-0.2, -0.15) is 0 Å². The van der Waals surface area contributed by atoms with Crippen molar-refractivity contribution in [2.24, 2.45) is 9.98 Å². The molecule has 1 N–H and O–H groups in total. The van der Waals surface area contributed by atoms with E-state index in [0.717, 1.165) is 50.2 Å². The SMILES string of the molecule is CC1(C)c2ccc3c(oc4ccccc43)c2-c2ccc3c4ccccc4n(-c4ccc(C5=NC(c6ccccc6)NC(c6ccccc6)=N5)cc4)c3c21. The Balaban J connectivity index is 1.10. The number of aliphatic imine (C=N–C) groups is 2. The Bertz CT molecular complexity index is 2980. The van der Waals surface area contributed by atoms with Crippen molar-refractivity contribution in [3.8, 4) is 16.8 Å². The maximum Gasteiger partial charge on any atom is 0.159 e. The van der Waals surface area contributed by atoms with E-state index in [9.17, 15) is 0 Å². The summed E-state index contributed by atoms with van der Waals surface area (Å²) >= 11 is 0. The molecule has 53 heavy (non-hydrogen) atoms. The molecule has 3 heterocycles. The summed E-state index contributed by atoms with van der Waals surface area (Å²) in [6.07, 6.45) is -0.249. The van der Waals surface area contributed by atoms with Crippen LogP contribution in [0.2, 0.25) is 0 Å². The van der Waals surface area contributed by atoms with Crippen molar-refractivity contribution in [3.05, 3.63) is 186 Å². The van der Waals surface area contributed by atoms with Gasteiger partial charge >= 0.3 is 0 Å². The highest BCUT2D eigenvalue weighted by Gasteiger charge is 2.40. The van der Waals surface area contributed by atoms with Gasteiger partial charge in [0.05, 0.1) is 11.0 Å². The third-order valence-electron chi connectivity index (χ3n) is 11.2. The van der Waals surface area contributed by atoms with E-state index in [1.165, 1.54) is 44.1 Å². The molecule has 0 saturated carbocycles. The summed E-state index contributed by atoms with van der Waals surface area (Å²) in [4.78, 5) is 10.2. The van der Waals surface area contributed by atoms with Gasteiger partial charge in [-0.1, -0.05) is 135 Å². The molecule has 7 aromatic carbocycles. The second-order valence-electron chi connectivity index (χ2n) is 14.6. The molecule has 0 spiro atoms. The predicted octanol–water partition coefficient (Wildman–Crippen LogP) is 11.5. The van der Waals surface area contributed by atoms with Gasteiger partial charge in [-0.25, -0.2) is 9.98 Å². The average molecular weight is 683 g/mol. The molecule has 2 aromatic heterocycles. The zero-order valence-corrected chi connectivity index (χ0v) is 29.3. The maximum absolute atomic E-state index is 6.64. The number of hydrogen-bond donors (Lipinski definition) is 1. The van der Waals surface area contributed by atoms with E-state index < -0.39 is 0 Å². The van der Waals surface area contributed by atoms with Crippen LogP contribution in [0.4, 0.5) is 0 Å². The van der Waals surface area contributed by atoms with E-state index in [0.29, 0.717) is 5.84 Å². The molecule has 1 unspecified atom stereocenters. The summed E-state index contributed by atoms with van der Waals surface area (Å²) in [5.74, 6) is 1.52. The first-order valence-electron chi connectivity index (χ1n) is 18.2. The van der Waals surface area contributed by atoms with Gasteiger partial charge in [0.15, 0.2) is 5.84 Å². The van der Waals surface area contributed by atoms with Crippen LogP contribution in [0.1, 0.15) is 47.8 Å². The predicted molar refractivity (Wildman–Crippen MR) is 217 cm³/mol. The third kappa shape index (κ3) is 4.37. The third-order valence-corrected chi connectivity index (χ3v) is 11.2. The molecule has 1 atom stereocenters. The van der Waals surface area contributed by atoms with Crippen molar-refractivity contribution < 1.29 is 4.42 Å². The minimum atomic E-state index is -0.262. The number of nitrogens with one attached hydrogen (secondary N) is 1. The summed E-state index contributed by atoms with van der Waals surface area (Å²) in [5.41, 5.74) is 13.3. The lowest BCUT2D eigenvalue weighted by Crippen LogP contribution is -2.33. The number of hydrogen-bond acceptors (Lipinski definition) is 4. The number of nitrogens with zero attached hydrogens (tertiary/aromatic N) is 3. The zero-order chi connectivity index (χ0) is 35.3. The van der Waals surface area contributed by atoms with Crippen molar-refractivity contribution in [1.82, 2.24) is 9.88 Å². The molecule has 0 saturated heterocycles. The molecule has 252 valence electrons. The van der Waals surface area contributed by atoms with E-state index in [2.05, 4.69) is 151 Å². The second-order valence-corrected chi connectivity index (χ2v) is 14.6. The van der Waals surface area contributed by atoms with Crippen LogP contribution in [-0.4, -0.2) is 16.2 Å². The lowest BCUT2D eigenvalue weighted by Gasteiger charge is -2.24. The van der Waals surface area contributed by atoms with E-state index >= 15 is 0 Å². The number of para-hydroxylation sites is 2. The van der Waals surface area contributed by atoms with Gasteiger partial charge in [0.2, 0.25) is 0 Å². The van der Waals surface area contributed by atoms with Crippen molar-refractivity contribution in [2.75, 3.05) is 0 Å². The number of aromatic nitrogens is 1. The van der Waals surface area contributed by atoms with Crippen molar-refractivity contribution in [2.45, 2.75) is 25.4 Å². The maximum atomic E-state index is 6.64. The second kappa shape index (κ2) is 11.1. The quantitative estimate of drug-likeness (QED) is 0.201. The first-order valence-corrected chi connectivity index (χ1v) is 18.2. The molecule has 5 heteroatoms. The van der Waals surface area contributed by atoms with Crippen LogP contribution in [-0.2, 0) is 5.41 Å². The van der Waals surface area contributed by atoms with Gasteiger partial charge in [-0.3, -0.25) is 0 Å². The van der Waals surface area contributed by atoms with E-state index in [-0.39, 0.29) is 11.6 Å². The van der Waals surface area contributed by atoms with Gasteiger partial charge in [-0.15, -0.1) is 0 Å². The average Bonchev–Trinajstić information content (AvgIpc) is 3.84. The largest absolute Gasteiger partial charge is 0.455 e. The minimum absolute atomic E-state index is 0.249. The number of fused-ring (bicyclic) bond motifs is 11. The van der Waals surface area contributed by atoms with Crippen LogP contribution in [0.15, 0.2) is 172 Å². The topological polar surface area (TPSA) is 54.8 Å². The fraction of sp³-hybridized carbons (Fsp3) is 0.0833. The summed E-state index contributed by atoms with van der Waals surface area (Å²) in [5, 5.41) is 8.36. The Hall–Kier alpha value is -6.72. The number of rotatable bonds is 4. The fourth-order valence-electron chi connectivity index (χ4n) is 8.77. The van der Waals surface area contributed by atoms with Crippen LogP contribution in [0.25, 0.3) is 60.6 Å². The Kier molecular flexibility index (Phi) is 6.30. The molecule has 1 aliphatic heterocycles. The van der Waals surface area contributed by atoms with Crippen LogP contribution < -0.4 is 5.32 Å². The molecular formula is C48H34N4O. The molecule has 5 nitrogen and oxygen atoms in total. The van der Waals surface area contributed by atoms with Crippen LogP contribution in [0.3, 0.4) is 0 Å². The summed E-state index contributed by atoms with van der Waals surface area (Å²) in [6.45, 7) is 4.72. The Morgan fingerprint density at radius 3 is 2.13 bits per heavy atom. The summed E-state index contributed by atoms with van der Waals surface area (Å²) in [6, 6.07) is 55.7. The number of benzene rings is 7. The number of furan rings is 1. The van der Waals surface area contributed by atoms with Gasteiger partial charge in [0, 0.05) is 49.3 Å². The first kappa shape index (κ1) is 30.0. The first-order chi connectivity index (χ1) is 26.0. The Morgan fingerprint density at radius 1 is 0.623 bits per heavy atom. The molecule has 11 rings (SSSR count). The normalized spacial score (nSPS) is 16.1. The minimum Gasteiger partial charge on any atom is -0.455 e. The molecule has 0 fully saturated rings. The van der Waals surface area contributed by atoms with Crippen LogP contribution >= 0.6 is 0 Å². The van der Waals surface area contributed by atoms with E-state index in [1.807, 2.05) is 30.3 Å². The highest BCUT2D eigenvalue weighted by molar-refractivity contribution is 6.17. The van der Waals surface area contributed by atoms with Crippen LogP contribution in [0.5, 0.6) is 0 Å². The summed E-state index contributed by atoms with van der Waals surface area (Å²) in [7, 11) is 0. The molecule has 9 aromatic rings. The summed E-state index contributed by atoms with van der Waals surface area (Å²) < 4.78 is 9.09. The Morgan fingerprint density at radius 2 is 1.32 bits per heavy atom. The van der Waals surface area contributed by atoms with Gasteiger partial charge in [0.1, 0.15) is 23.2 Å². The molecular weight excluding hydrogens is 649 g/mol. The van der Waals surface area contributed by atoms with Gasteiger partial charge in [0.25, 0.3) is 0 Å². The van der Waals surface area contributed by atoms with E-state index in [4.69, 9.17) is 14.4 Å². The fourth-order valence-corrected chi connectivity index (χ4v) is 8.77. The Labute approximate surface area is 306 Å². The van der Waals surface area contributed by atoms with Crippen molar-refractivity contribution >= 4 is 55.4 Å². The molecule has 1 aliphatic carbocycles. The van der Waals surface area contributed by atoms with Crippen LogP contribution in [0, 0.1) is 0 Å². The zero-order valence-electron chi connectivity index (χ0n) is 29.3. The molecule has 0 amide bonds. The number of amidine groups is 2. The lowest BCUT2D eigenvalue weighted by atomic mass is 9.81. The highest BCUT2D eigenvalue weighted by atomic mass is 16.3. The highest BCUT2D eigenvalue weighted by Crippen LogP contribution is 2.55. The van der Waals surface area contributed by atoms with Gasteiger partial charge < -0.3 is 14.3 Å². The smallest absolute Gasteiger partial charge is 0.159 e. The standard InChI is InChI=1S/C48H34N4O/c1-48(2)38-28-27-36-34-18-10-12-20-40(34)53-44(36)41(38)37-26-25-35-33-17-9-11-19-39(33)52(43(35)42(37)48)32-23-21-31(22-24-32)47-50-45(29-13-5-3-6-14-29)49-46(51-47)30-15-7-4-8-16-30/h3-28,45H,1-2H3,(H,49,50,51). The van der Waals surface area contributed by atoms with Crippen molar-refractivity contribution in [3.63, 3.8) is 0 Å².